The minimum atomic E-state index is 0.172. The van der Waals surface area contributed by atoms with Crippen molar-refractivity contribution in [3.05, 3.63) is 0 Å². The van der Waals surface area contributed by atoms with Crippen LogP contribution in [0.2, 0.25) is 0 Å². The van der Waals surface area contributed by atoms with Crippen LogP contribution in [-0.4, -0.2) is 12.5 Å². The highest BCUT2D eigenvalue weighted by Crippen LogP contribution is 2.52. The molecule has 1 rings (SSSR count). The van der Waals surface area contributed by atoms with E-state index in [0.717, 1.165) is 19.4 Å². The molecule has 1 aliphatic rings. The molecule has 0 aromatic rings. The van der Waals surface area contributed by atoms with Gasteiger partial charge in [0.15, 0.2) is 0 Å². The minimum absolute atomic E-state index is 0.172. The zero-order valence-electron chi connectivity index (χ0n) is 14.7. The number of hydrogen-bond acceptors (Lipinski definition) is 1. The smallest absolute Gasteiger partial charge is 0.223 e. The third-order valence-electron chi connectivity index (χ3n) is 6.46. The molecule has 0 aliphatic carbocycles. The number of amides is 1. The molecule has 3 unspecified atom stereocenters. The van der Waals surface area contributed by atoms with Crippen LogP contribution in [0.1, 0.15) is 74.1 Å². The SMILES string of the molecule is CCC(C)C1CC(C)(C)C(C)(C(CC)CC)CNC1=O. The Morgan fingerprint density at radius 3 is 2.15 bits per heavy atom. The minimum Gasteiger partial charge on any atom is -0.355 e. The van der Waals surface area contributed by atoms with Gasteiger partial charge in [-0.15, -0.1) is 0 Å². The van der Waals surface area contributed by atoms with E-state index in [1.54, 1.807) is 0 Å². The molecule has 0 saturated carbocycles. The summed E-state index contributed by atoms with van der Waals surface area (Å²) >= 11 is 0. The highest BCUT2D eigenvalue weighted by atomic mass is 16.1. The summed E-state index contributed by atoms with van der Waals surface area (Å²) in [6.45, 7) is 17.0. The summed E-state index contributed by atoms with van der Waals surface area (Å²) in [5, 5.41) is 3.27. The molecule has 3 atom stereocenters. The second-order valence-corrected chi connectivity index (χ2v) is 7.73. The second-order valence-electron chi connectivity index (χ2n) is 7.73. The number of carbonyl (C=O) groups is 1. The van der Waals surface area contributed by atoms with Gasteiger partial charge in [-0.3, -0.25) is 4.79 Å². The van der Waals surface area contributed by atoms with Gasteiger partial charge in [0, 0.05) is 12.5 Å². The number of nitrogens with one attached hydrogen (secondary N) is 1. The molecule has 118 valence electrons. The molecule has 1 amide bonds. The van der Waals surface area contributed by atoms with Crippen LogP contribution in [0.3, 0.4) is 0 Å². The van der Waals surface area contributed by atoms with E-state index in [2.05, 4.69) is 53.8 Å². The summed E-state index contributed by atoms with van der Waals surface area (Å²) in [6.07, 6.45) is 4.48. The standard InChI is InChI=1S/C18H35NO/c1-8-13(4)15-11-17(5,6)18(7,12-19-16(15)20)14(9-2)10-3/h13-15H,8-12H2,1-7H3,(H,19,20). The fourth-order valence-electron chi connectivity index (χ4n) is 4.15. The molecule has 2 heteroatoms. The van der Waals surface area contributed by atoms with Crippen molar-refractivity contribution in [2.45, 2.75) is 74.1 Å². The lowest BCUT2D eigenvalue weighted by Gasteiger charge is -2.49. The van der Waals surface area contributed by atoms with E-state index in [1.807, 2.05) is 0 Å². The van der Waals surface area contributed by atoms with Gasteiger partial charge in [0.1, 0.15) is 0 Å². The van der Waals surface area contributed by atoms with Crippen molar-refractivity contribution in [3.63, 3.8) is 0 Å². The zero-order valence-corrected chi connectivity index (χ0v) is 14.7. The highest BCUT2D eigenvalue weighted by molar-refractivity contribution is 5.79. The molecule has 1 heterocycles. The van der Waals surface area contributed by atoms with Crippen LogP contribution in [0.15, 0.2) is 0 Å². The molecule has 1 N–H and O–H groups in total. The van der Waals surface area contributed by atoms with E-state index in [0.29, 0.717) is 11.8 Å². The van der Waals surface area contributed by atoms with Gasteiger partial charge in [-0.1, -0.05) is 67.7 Å². The van der Waals surface area contributed by atoms with Gasteiger partial charge in [0.2, 0.25) is 5.91 Å². The summed E-state index contributed by atoms with van der Waals surface area (Å²) in [5.41, 5.74) is 0.380. The summed E-state index contributed by atoms with van der Waals surface area (Å²) in [6, 6.07) is 0. The Morgan fingerprint density at radius 1 is 1.15 bits per heavy atom. The maximum atomic E-state index is 12.5. The van der Waals surface area contributed by atoms with E-state index in [-0.39, 0.29) is 22.7 Å². The van der Waals surface area contributed by atoms with Crippen LogP contribution < -0.4 is 5.32 Å². The summed E-state index contributed by atoms with van der Waals surface area (Å²) in [4.78, 5) is 12.5. The Morgan fingerprint density at radius 2 is 1.70 bits per heavy atom. The van der Waals surface area contributed by atoms with Gasteiger partial charge >= 0.3 is 0 Å². The second kappa shape index (κ2) is 6.49. The lowest BCUT2D eigenvalue weighted by atomic mass is 9.56. The third kappa shape index (κ3) is 3.04. The fourth-order valence-corrected chi connectivity index (χ4v) is 4.15. The molecule has 1 fully saturated rings. The number of rotatable bonds is 5. The van der Waals surface area contributed by atoms with Crippen molar-refractivity contribution in [1.82, 2.24) is 5.32 Å². The molecule has 0 radical (unpaired) electrons. The van der Waals surface area contributed by atoms with E-state index in [9.17, 15) is 4.79 Å². The predicted octanol–water partition coefficient (Wildman–Crippen LogP) is 4.64. The quantitative estimate of drug-likeness (QED) is 0.781. The van der Waals surface area contributed by atoms with Crippen LogP contribution in [-0.2, 0) is 4.79 Å². The van der Waals surface area contributed by atoms with Crippen LogP contribution >= 0.6 is 0 Å². The summed E-state index contributed by atoms with van der Waals surface area (Å²) in [7, 11) is 0. The molecular formula is C18H35NO. The predicted molar refractivity (Wildman–Crippen MR) is 86.5 cm³/mol. The Labute approximate surface area is 126 Å². The molecule has 0 spiro atoms. The molecule has 1 aliphatic heterocycles. The molecule has 2 nitrogen and oxygen atoms in total. The van der Waals surface area contributed by atoms with E-state index in [1.165, 1.54) is 12.8 Å². The first-order valence-corrected chi connectivity index (χ1v) is 8.51. The van der Waals surface area contributed by atoms with Crippen LogP contribution in [0, 0.1) is 28.6 Å². The lowest BCUT2D eigenvalue weighted by molar-refractivity contribution is -0.126. The summed E-state index contributed by atoms with van der Waals surface area (Å²) < 4.78 is 0. The Kier molecular flexibility index (Phi) is 5.69. The van der Waals surface area contributed by atoms with Gasteiger partial charge in [-0.2, -0.15) is 0 Å². The van der Waals surface area contributed by atoms with Crippen LogP contribution in [0.4, 0.5) is 0 Å². The lowest BCUT2D eigenvalue weighted by Crippen LogP contribution is -2.46. The van der Waals surface area contributed by atoms with Gasteiger partial charge in [-0.25, -0.2) is 0 Å². The Hall–Kier alpha value is -0.530. The van der Waals surface area contributed by atoms with Crippen molar-refractivity contribution in [1.29, 1.82) is 0 Å². The van der Waals surface area contributed by atoms with Gasteiger partial charge in [0.05, 0.1) is 0 Å². The maximum Gasteiger partial charge on any atom is 0.223 e. The topological polar surface area (TPSA) is 29.1 Å². The van der Waals surface area contributed by atoms with Crippen LogP contribution in [0.25, 0.3) is 0 Å². The van der Waals surface area contributed by atoms with Crippen molar-refractivity contribution in [2.75, 3.05) is 6.54 Å². The average Bonchev–Trinajstić information content (AvgIpc) is 2.50. The van der Waals surface area contributed by atoms with Gasteiger partial charge < -0.3 is 5.32 Å². The molecule has 20 heavy (non-hydrogen) atoms. The normalized spacial score (nSPS) is 31.8. The Bertz CT molecular complexity index is 332. The fraction of sp³-hybridized carbons (Fsp3) is 0.944. The highest BCUT2D eigenvalue weighted by Gasteiger charge is 2.49. The molecule has 0 aromatic heterocycles. The number of carbonyl (C=O) groups excluding carboxylic acids is 1. The van der Waals surface area contributed by atoms with Gasteiger partial charge in [0.25, 0.3) is 0 Å². The third-order valence-corrected chi connectivity index (χ3v) is 6.46. The number of hydrogen-bond donors (Lipinski definition) is 1. The van der Waals surface area contributed by atoms with Crippen molar-refractivity contribution in [2.24, 2.45) is 28.6 Å². The van der Waals surface area contributed by atoms with Gasteiger partial charge in [-0.05, 0) is 29.1 Å². The first kappa shape index (κ1) is 17.5. The average molecular weight is 281 g/mol. The van der Waals surface area contributed by atoms with Crippen molar-refractivity contribution in [3.8, 4) is 0 Å². The van der Waals surface area contributed by atoms with Crippen molar-refractivity contribution >= 4 is 5.91 Å². The van der Waals surface area contributed by atoms with Crippen molar-refractivity contribution < 1.29 is 4.79 Å². The maximum absolute atomic E-state index is 12.5. The van der Waals surface area contributed by atoms with Crippen LogP contribution in [0.5, 0.6) is 0 Å². The summed E-state index contributed by atoms with van der Waals surface area (Å²) in [5.74, 6) is 1.60. The largest absolute Gasteiger partial charge is 0.355 e. The zero-order chi connectivity index (χ0) is 15.6. The van der Waals surface area contributed by atoms with E-state index < -0.39 is 0 Å². The van der Waals surface area contributed by atoms with E-state index >= 15 is 0 Å². The molecule has 0 aromatic carbocycles. The first-order chi connectivity index (χ1) is 9.23. The monoisotopic (exact) mass is 281 g/mol. The first-order valence-electron chi connectivity index (χ1n) is 8.51. The van der Waals surface area contributed by atoms with E-state index in [4.69, 9.17) is 0 Å². The molecule has 0 bridgehead atoms. The molecule has 1 saturated heterocycles. The molecular weight excluding hydrogens is 246 g/mol. The Balaban J connectivity index is 3.11.